The molecule has 0 fully saturated rings. The van der Waals surface area contributed by atoms with E-state index in [-0.39, 0.29) is 0 Å². The predicted molar refractivity (Wildman–Crippen MR) is 106 cm³/mol. The molecule has 128 valence electrons. The average Bonchev–Trinajstić information content (AvgIpc) is 2.61. The zero-order valence-corrected chi connectivity index (χ0v) is 16.0. The number of hydrogen-bond acceptors (Lipinski definition) is 2. The second-order valence-electron chi connectivity index (χ2n) is 5.61. The molecule has 0 spiro atoms. The molecule has 0 heterocycles. The monoisotopic (exact) mass is 407 g/mol. The van der Waals surface area contributed by atoms with Crippen molar-refractivity contribution in [3.8, 4) is 0 Å². The quantitative estimate of drug-likeness (QED) is 0.279. The molecule has 0 saturated carbocycles. The van der Waals surface area contributed by atoms with Crippen LogP contribution in [0.1, 0.15) is 22.4 Å². The fourth-order valence-electron chi connectivity index (χ4n) is 2.51. The summed E-state index contributed by atoms with van der Waals surface area (Å²) in [7, 11) is 0. The van der Waals surface area contributed by atoms with Crippen LogP contribution in [0.3, 0.4) is 0 Å². The molecule has 1 atom stereocenters. The van der Waals surface area contributed by atoms with Crippen molar-refractivity contribution < 1.29 is 4.74 Å². The molecule has 24 heavy (non-hydrogen) atoms. The molecule has 0 amide bonds. The van der Waals surface area contributed by atoms with Crippen molar-refractivity contribution in [2.45, 2.75) is 17.8 Å². The van der Waals surface area contributed by atoms with Gasteiger partial charge in [0.2, 0.25) is 0 Å². The first kappa shape index (κ1) is 19.0. The number of ether oxygens (including phenoxy) is 1. The van der Waals surface area contributed by atoms with E-state index >= 15 is 0 Å². The summed E-state index contributed by atoms with van der Waals surface area (Å²) in [5, 5.41) is 0.769. The molecule has 2 aromatic rings. The van der Waals surface area contributed by atoms with Crippen LogP contribution in [-0.2, 0) is 11.3 Å². The molecular weight excluding hydrogens is 386 g/mol. The summed E-state index contributed by atoms with van der Waals surface area (Å²) in [5.74, 6) is 0. The van der Waals surface area contributed by atoms with Crippen molar-refractivity contribution in [1.82, 2.24) is 4.90 Å². The molecule has 0 N–H and O–H groups in total. The lowest BCUT2D eigenvalue weighted by molar-refractivity contribution is 0.171. The van der Waals surface area contributed by atoms with E-state index in [0.717, 1.165) is 31.1 Å². The first-order valence-corrected chi connectivity index (χ1v) is 9.36. The van der Waals surface area contributed by atoms with Gasteiger partial charge in [0.15, 0.2) is 0 Å². The summed E-state index contributed by atoms with van der Waals surface area (Å²) >= 11 is 9.75. The van der Waals surface area contributed by atoms with Gasteiger partial charge in [0.05, 0.1) is 12.9 Å². The molecular formula is C20H23BrClNO. The summed E-state index contributed by atoms with van der Waals surface area (Å²) in [6, 6.07) is 18.5. The van der Waals surface area contributed by atoms with Crippen molar-refractivity contribution in [1.29, 1.82) is 0 Å². The Balaban J connectivity index is 1.91. The molecule has 0 radical (unpaired) electrons. The van der Waals surface area contributed by atoms with Gasteiger partial charge in [-0.1, -0.05) is 76.6 Å². The Morgan fingerprint density at radius 1 is 1.08 bits per heavy atom. The maximum Gasteiger partial charge on any atom is 0.0999 e. The van der Waals surface area contributed by atoms with E-state index in [0.29, 0.717) is 11.4 Å². The van der Waals surface area contributed by atoms with Crippen LogP contribution < -0.4 is 0 Å². The Morgan fingerprint density at radius 3 is 2.46 bits per heavy atom. The van der Waals surface area contributed by atoms with Crippen LogP contribution >= 0.6 is 27.5 Å². The molecule has 0 aliphatic heterocycles. The smallest absolute Gasteiger partial charge is 0.0999 e. The Morgan fingerprint density at radius 2 is 1.79 bits per heavy atom. The highest BCUT2D eigenvalue weighted by atomic mass is 79.9. The predicted octanol–water partition coefficient (Wildman–Crippen LogP) is 5.83. The Labute approximate surface area is 158 Å². The van der Waals surface area contributed by atoms with E-state index in [1.807, 2.05) is 18.2 Å². The lowest BCUT2D eigenvalue weighted by atomic mass is 10.1. The van der Waals surface area contributed by atoms with E-state index in [2.05, 4.69) is 63.8 Å². The Bertz CT molecular complexity index is 603. The maximum absolute atomic E-state index is 5.96. The van der Waals surface area contributed by atoms with Crippen molar-refractivity contribution in [3.05, 3.63) is 83.6 Å². The standard InChI is InChI=1S/C20H23BrClNO/c1-2-24-15-14-23(16-17-6-4-3-5-7-17)13-12-20(21)18-8-10-19(22)11-9-18/h2-11,20H,1,12-16H2/t20-/m0/s1. The molecule has 0 aliphatic rings. The zero-order chi connectivity index (χ0) is 17.2. The number of benzene rings is 2. The van der Waals surface area contributed by atoms with Crippen LogP contribution in [0.5, 0.6) is 0 Å². The third-order valence-electron chi connectivity index (χ3n) is 3.82. The zero-order valence-electron chi connectivity index (χ0n) is 13.7. The molecule has 2 nitrogen and oxygen atoms in total. The highest BCUT2D eigenvalue weighted by Crippen LogP contribution is 2.27. The topological polar surface area (TPSA) is 12.5 Å². The van der Waals surface area contributed by atoms with E-state index in [1.54, 1.807) is 0 Å². The molecule has 4 heteroatoms. The highest BCUT2D eigenvalue weighted by Gasteiger charge is 2.12. The lowest BCUT2D eigenvalue weighted by Gasteiger charge is -2.23. The molecule has 0 unspecified atom stereocenters. The first-order valence-electron chi connectivity index (χ1n) is 8.07. The largest absolute Gasteiger partial charge is 0.500 e. The van der Waals surface area contributed by atoms with Gasteiger partial charge < -0.3 is 4.74 Å². The molecule has 2 rings (SSSR count). The van der Waals surface area contributed by atoms with Crippen LogP contribution in [0.25, 0.3) is 0 Å². The molecule has 0 saturated heterocycles. The minimum atomic E-state index is 0.313. The third-order valence-corrected chi connectivity index (χ3v) is 5.06. The van der Waals surface area contributed by atoms with Crippen molar-refractivity contribution in [2.24, 2.45) is 0 Å². The van der Waals surface area contributed by atoms with Gasteiger partial charge in [-0.25, -0.2) is 0 Å². The number of alkyl halides is 1. The lowest BCUT2D eigenvalue weighted by Crippen LogP contribution is -2.28. The fourth-order valence-corrected chi connectivity index (χ4v) is 3.15. The SMILES string of the molecule is C=COCCN(CC[C@H](Br)c1ccc(Cl)cc1)Cc1ccccc1. The van der Waals surface area contributed by atoms with E-state index in [1.165, 1.54) is 17.4 Å². The van der Waals surface area contributed by atoms with Gasteiger partial charge in [0, 0.05) is 29.5 Å². The van der Waals surface area contributed by atoms with Gasteiger partial charge in [0.1, 0.15) is 0 Å². The maximum atomic E-state index is 5.96. The minimum Gasteiger partial charge on any atom is -0.500 e. The number of rotatable bonds is 10. The highest BCUT2D eigenvalue weighted by molar-refractivity contribution is 9.09. The van der Waals surface area contributed by atoms with Gasteiger partial charge in [0.25, 0.3) is 0 Å². The van der Waals surface area contributed by atoms with Crippen LogP contribution in [0.4, 0.5) is 0 Å². The fraction of sp³-hybridized carbons (Fsp3) is 0.300. The molecule has 2 aromatic carbocycles. The van der Waals surface area contributed by atoms with Crippen molar-refractivity contribution >= 4 is 27.5 Å². The Hall–Kier alpha value is -1.29. The van der Waals surface area contributed by atoms with E-state index in [4.69, 9.17) is 16.3 Å². The summed E-state index contributed by atoms with van der Waals surface area (Å²) in [6.45, 7) is 7.04. The average molecular weight is 409 g/mol. The minimum absolute atomic E-state index is 0.313. The summed E-state index contributed by atoms with van der Waals surface area (Å²) in [6.07, 6.45) is 2.52. The summed E-state index contributed by atoms with van der Waals surface area (Å²) in [4.78, 5) is 2.72. The normalized spacial score (nSPS) is 12.1. The van der Waals surface area contributed by atoms with Gasteiger partial charge in [-0.3, -0.25) is 4.90 Å². The molecule has 0 bridgehead atoms. The van der Waals surface area contributed by atoms with Crippen molar-refractivity contribution in [2.75, 3.05) is 19.7 Å². The van der Waals surface area contributed by atoms with Crippen LogP contribution in [-0.4, -0.2) is 24.6 Å². The van der Waals surface area contributed by atoms with Crippen LogP contribution in [0.2, 0.25) is 5.02 Å². The van der Waals surface area contributed by atoms with Crippen molar-refractivity contribution in [3.63, 3.8) is 0 Å². The van der Waals surface area contributed by atoms with E-state index in [9.17, 15) is 0 Å². The van der Waals surface area contributed by atoms with Crippen LogP contribution in [0, 0.1) is 0 Å². The Kier molecular flexibility index (Phi) is 8.37. The summed E-state index contributed by atoms with van der Waals surface area (Å²) < 4.78 is 5.30. The number of nitrogens with zero attached hydrogens (tertiary/aromatic N) is 1. The van der Waals surface area contributed by atoms with Gasteiger partial charge in [-0.05, 0) is 29.7 Å². The van der Waals surface area contributed by atoms with Gasteiger partial charge >= 0.3 is 0 Å². The van der Waals surface area contributed by atoms with Crippen LogP contribution in [0.15, 0.2) is 67.4 Å². The third kappa shape index (κ3) is 6.68. The number of hydrogen-bond donors (Lipinski definition) is 0. The molecule has 0 aromatic heterocycles. The molecule has 0 aliphatic carbocycles. The second kappa shape index (κ2) is 10.5. The number of halogens is 2. The summed E-state index contributed by atoms with van der Waals surface area (Å²) in [5.41, 5.74) is 2.56. The van der Waals surface area contributed by atoms with E-state index < -0.39 is 0 Å². The van der Waals surface area contributed by atoms with Gasteiger partial charge in [-0.2, -0.15) is 0 Å². The second-order valence-corrected chi connectivity index (χ2v) is 7.15. The first-order chi connectivity index (χ1) is 11.7. The van der Waals surface area contributed by atoms with Gasteiger partial charge in [-0.15, -0.1) is 0 Å².